The minimum Gasteiger partial charge on any atom is -0.354 e. The molecule has 1 rings (SSSR count). The predicted molar refractivity (Wildman–Crippen MR) is 71.6 cm³/mol. The molecule has 16 heavy (non-hydrogen) atoms. The van der Waals surface area contributed by atoms with Crippen LogP contribution in [-0.4, -0.2) is 18.5 Å². The van der Waals surface area contributed by atoms with Gasteiger partial charge in [-0.1, -0.05) is 13.3 Å². The summed E-state index contributed by atoms with van der Waals surface area (Å²) in [5.41, 5.74) is 5.69. The summed E-state index contributed by atoms with van der Waals surface area (Å²) in [6.45, 7) is 2.68. The van der Waals surface area contributed by atoms with Crippen molar-refractivity contribution in [2.24, 2.45) is 5.73 Å². The van der Waals surface area contributed by atoms with Gasteiger partial charge in [-0.3, -0.25) is 4.79 Å². The first-order valence-corrected chi connectivity index (χ1v) is 7.02. The van der Waals surface area contributed by atoms with Crippen molar-refractivity contribution in [1.82, 2.24) is 5.32 Å². The molecule has 0 saturated carbocycles. The number of hydrogen-bond acceptors (Lipinski definition) is 3. The average molecular weight is 305 g/mol. The molecule has 1 atom stereocenters. The molecule has 0 aliphatic heterocycles. The van der Waals surface area contributed by atoms with Crippen molar-refractivity contribution in [1.29, 1.82) is 0 Å². The van der Waals surface area contributed by atoms with Crippen LogP contribution in [0.4, 0.5) is 0 Å². The summed E-state index contributed by atoms with van der Waals surface area (Å²) in [4.78, 5) is 12.7. The monoisotopic (exact) mass is 304 g/mol. The topological polar surface area (TPSA) is 55.1 Å². The van der Waals surface area contributed by atoms with Gasteiger partial charge in [-0.25, -0.2) is 0 Å². The van der Waals surface area contributed by atoms with Gasteiger partial charge >= 0.3 is 0 Å². The first kappa shape index (κ1) is 13.7. The van der Waals surface area contributed by atoms with E-state index in [4.69, 9.17) is 5.73 Å². The van der Waals surface area contributed by atoms with Crippen LogP contribution >= 0.6 is 27.3 Å². The molecular formula is C11H17BrN2OS. The van der Waals surface area contributed by atoms with E-state index in [1.807, 2.05) is 13.0 Å². The van der Waals surface area contributed by atoms with Gasteiger partial charge in [0.2, 0.25) is 5.91 Å². The molecule has 0 unspecified atom stereocenters. The van der Waals surface area contributed by atoms with Gasteiger partial charge in [0.15, 0.2) is 0 Å². The van der Waals surface area contributed by atoms with E-state index in [0.717, 1.165) is 23.0 Å². The van der Waals surface area contributed by atoms with Crippen LogP contribution in [0.5, 0.6) is 0 Å². The van der Waals surface area contributed by atoms with E-state index in [0.29, 0.717) is 6.54 Å². The van der Waals surface area contributed by atoms with Gasteiger partial charge in [0.1, 0.15) is 0 Å². The molecule has 0 aliphatic rings. The van der Waals surface area contributed by atoms with Crippen LogP contribution < -0.4 is 11.1 Å². The van der Waals surface area contributed by atoms with E-state index in [1.54, 1.807) is 11.3 Å². The maximum Gasteiger partial charge on any atom is 0.236 e. The number of hydrogen-bond donors (Lipinski definition) is 2. The van der Waals surface area contributed by atoms with Gasteiger partial charge in [0.25, 0.3) is 0 Å². The second-order valence-electron chi connectivity index (χ2n) is 3.64. The van der Waals surface area contributed by atoms with Crippen molar-refractivity contribution in [2.45, 2.75) is 32.2 Å². The Hall–Kier alpha value is -0.390. The Morgan fingerprint density at radius 3 is 2.94 bits per heavy atom. The number of nitrogens with two attached hydrogens (primary N) is 1. The lowest BCUT2D eigenvalue weighted by Gasteiger charge is -2.10. The fraction of sp³-hybridized carbons (Fsp3) is 0.545. The number of carbonyl (C=O) groups excluding carboxylic acids is 1. The Labute approximate surface area is 109 Å². The summed E-state index contributed by atoms with van der Waals surface area (Å²) < 4.78 is 1.12. The first-order valence-electron chi connectivity index (χ1n) is 5.41. The van der Waals surface area contributed by atoms with Crippen LogP contribution in [0, 0.1) is 0 Å². The number of rotatable bonds is 6. The summed E-state index contributed by atoms with van der Waals surface area (Å²) in [6.07, 6.45) is 2.55. The molecule has 0 spiro atoms. The maximum atomic E-state index is 11.5. The highest BCUT2D eigenvalue weighted by Gasteiger charge is 2.11. The third-order valence-corrected chi connectivity index (χ3v) is 3.92. The van der Waals surface area contributed by atoms with Crippen LogP contribution in [0.25, 0.3) is 0 Å². The molecule has 0 aliphatic carbocycles. The summed E-state index contributed by atoms with van der Waals surface area (Å²) in [5, 5.41) is 2.85. The zero-order chi connectivity index (χ0) is 12.0. The van der Waals surface area contributed by atoms with Gasteiger partial charge in [-0.05, 0) is 40.9 Å². The number of nitrogens with one attached hydrogen (secondary N) is 1. The second kappa shape index (κ2) is 7.04. The fourth-order valence-electron chi connectivity index (χ4n) is 1.37. The molecule has 0 aromatic carbocycles. The van der Waals surface area contributed by atoms with Crippen LogP contribution in [0.2, 0.25) is 0 Å². The summed E-state index contributed by atoms with van der Waals surface area (Å²) in [6, 6.07) is 3.72. The molecule has 0 saturated heterocycles. The lowest BCUT2D eigenvalue weighted by molar-refractivity contribution is -0.122. The van der Waals surface area contributed by atoms with Crippen molar-refractivity contribution < 1.29 is 4.79 Å². The summed E-state index contributed by atoms with van der Waals surface area (Å²) in [7, 11) is 0. The molecule has 3 nitrogen and oxygen atoms in total. The number of carbonyl (C=O) groups is 1. The Bertz CT molecular complexity index is 340. The van der Waals surface area contributed by atoms with Gasteiger partial charge in [-0.15, -0.1) is 11.3 Å². The third-order valence-electron chi connectivity index (χ3n) is 2.24. The van der Waals surface area contributed by atoms with Gasteiger partial charge in [0.05, 0.1) is 9.83 Å². The SMILES string of the molecule is CCC[C@H](N)C(=O)NCCc1ccc(Br)s1. The van der Waals surface area contributed by atoms with E-state index in [2.05, 4.69) is 27.3 Å². The quantitative estimate of drug-likeness (QED) is 0.847. The van der Waals surface area contributed by atoms with Crippen molar-refractivity contribution in [2.75, 3.05) is 6.54 Å². The standard InChI is InChI=1S/C11H17BrN2OS/c1-2-3-9(13)11(15)14-7-6-8-4-5-10(12)16-8/h4-5,9H,2-3,6-7,13H2,1H3,(H,14,15)/t9-/m0/s1. The summed E-state index contributed by atoms with van der Waals surface area (Å²) >= 11 is 5.10. The van der Waals surface area contributed by atoms with Crippen molar-refractivity contribution in [3.63, 3.8) is 0 Å². The van der Waals surface area contributed by atoms with Crippen LogP contribution in [0.15, 0.2) is 15.9 Å². The van der Waals surface area contributed by atoms with Crippen molar-refractivity contribution in [3.05, 3.63) is 20.8 Å². The highest BCUT2D eigenvalue weighted by Crippen LogP contribution is 2.21. The highest BCUT2D eigenvalue weighted by atomic mass is 79.9. The van der Waals surface area contributed by atoms with Crippen molar-refractivity contribution in [3.8, 4) is 0 Å². The van der Waals surface area contributed by atoms with Gasteiger partial charge in [-0.2, -0.15) is 0 Å². The molecular weight excluding hydrogens is 288 g/mol. The molecule has 1 heterocycles. The molecule has 90 valence electrons. The van der Waals surface area contributed by atoms with E-state index >= 15 is 0 Å². The zero-order valence-corrected chi connectivity index (χ0v) is 11.7. The largest absolute Gasteiger partial charge is 0.354 e. The Morgan fingerprint density at radius 1 is 1.62 bits per heavy atom. The molecule has 5 heteroatoms. The lowest BCUT2D eigenvalue weighted by Crippen LogP contribution is -2.41. The highest BCUT2D eigenvalue weighted by molar-refractivity contribution is 9.11. The van der Waals surface area contributed by atoms with Crippen molar-refractivity contribution >= 4 is 33.2 Å². The fourth-order valence-corrected chi connectivity index (χ4v) is 2.85. The smallest absolute Gasteiger partial charge is 0.236 e. The average Bonchev–Trinajstić information content (AvgIpc) is 2.64. The third kappa shape index (κ3) is 4.63. The van der Waals surface area contributed by atoms with E-state index in [1.165, 1.54) is 4.88 Å². The van der Waals surface area contributed by atoms with Crippen LogP contribution in [0.3, 0.4) is 0 Å². The molecule has 0 radical (unpaired) electrons. The number of halogens is 1. The van der Waals surface area contributed by atoms with E-state index in [9.17, 15) is 4.79 Å². The number of amides is 1. The molecule has 1 aromatic heterocycles. The lowest BCUT2D eigenvalue weighted by atomic mass is 10.1. The molecule has 1 amide bonds. The Balaban J connectivity index is 2.22. The first-order chi connectivity index (χ1) is 7.63. The minimum atomic E-state index is -0.361. The van der Waals surface area contributed by atoms with E-state index < -0.39 is 0 Å². The minimum absolute atomic E-state index is 0.0440. The van der Waals surface area contributed by atoms with E-state index in [-0.39, 0.29) is 11.9 Å². The molecule has 0 fully saturated rings. The Kier molecular flexibility index (Phi) is 6.01. The van der Waals surface area contributed by atoms with Gasteiger partial charge in [0, 0.05) is 11.4 Å². The van der Waals surface area contributed by atoms with Crippen LogP contribution in [-0.2, 0) is 11.2 Å². The molecule has 3 N–H and O–H groups in total. The second-order valence-corrected chi connectivity index (χ2v) is 6.19. The normalized spacial score (nSPS) is 12.4. The predicted octanol–water partition coefficient (Wildman–Crippen LogP) is 2.30. The van der Waals surface area contributed by atoms with Crippen LogP contribution in [0.1, 0.15) is 24.6 Å². The zero-order valence-electron chi connectivity index (χ0n) is 9.33. The number of thiophene rings is 1. The molecule has 1 aromatic rings. The maximum absolute atomic E-state index is 11.5. The Morgan fingerprint density at radius 2 is 2.38 bits per heavy atom. The molecule has 0 bridgehead atoms. The summed E-state index contributed by atoms with van der Waals surface area (Å²) in [5.74, 6) is -0.0440. The van der Waals surface area contributed by atoms with Gasteiger partial charge < -0.3 is 11.1 Å².